The van der Waals surface area contributed by atoms with E-state index in [1.165, 1.54) is 13.1 Å². The van der Waals surface area contributed by atoms with Gasteiger partial charge in [0.05, 0.1) is 5.66 Å². The smallest absolute Gasteiger partial charge is 0.0675 e. The molecule has 1 fully saturated rings. The molecule has 0 unspecified atom stereocenters. The quantitative estimate of drug-likeness (QED) is 0.502. The Bertz CT molecular complexity index is 99.5. The molecular weight excluding hydrogens is 112 g/mol. The van der Waals surface area contributed by atoms with Crippen LogP contribution in [0.15, 0.2) is 0 Å². The molecule has 1 aliphatic rings. The molecule has 0 atom stereocenters. The van der Waals surface area contributed by atoms with Crippen LogP contribution >= 0.6 is 0 Å². The van der Waals surface area contributed by atoms with Crippen molar-refractivity contribution in [2.75, 3.05) is 27.2 Å². The van der Waals surface area contributed by atoms with E-state index in [0.717, 1.165) is 0 Å². The van der Waals surface area contributed by atoms with Crippen molar-refractivity contribution < 1.29 is 0 Å². The van der Waals surface area contributed by atoms with Crippen LogP contribution < -0.4 is 0 Å². The molecule has 0 saturated carbocycles. The molecular formula is C7H16N2. The van der Waals surface area contributed by atoms with Crippen molar-refractivity contribution in [2.45, 2.75) is 19.5 Å². The molecule has 0 N–H and O–H groups in total. The molecule has 0 amide bonds. The first-order valence-corrected chi connectivity index (χ1v) is 3.47. The molecule has 0 aliphatic carbocycles. The predicted octanol–water partition coefficient (Wildman–Crippen LogP) is 0.600. The highest BCUT2D eigenvalue weighted by Crippen LogP contribution is 2.23. The van der Waals surface area contributed by atoms with Gasteiger partial charge < -0.3 is 0 Å². The van der Waals surface area contributed by atoms with Crippen molar-refractivity contribution in [2.24, 2.45) is 0 Å². The normalized spacial score (nSPS) is 21.0. The monoisotopic (exact) mass is 128 g/mol. The molecule has 0 spiro atoms. The van der Waals surface area contributed by atoms with Crippen LogP contribution in [0.2, 0.25) is 0 Å². The predicted molar refractivity (Wildman–Crippen MR) is 39.3 cm³/mol. The summed E-state index contributed by atoms with van der Waals surface area (Å²) < 4.78 is 0. The summed E-state index contributed by atoms with van der Waals surface area (Å²) in [6.07, 6.45) is 0. The first-order chi connectivity index (χ1) is 4.05. The van der Waals surface area contributed by atoms with Gasteiger partial charge in [-0.3, -0.25) is 9.80 Å². The lowest BCUT2D eigenvalue weighted by molar-refractivity contribution is 0.0850. The summed E-state index contributed by atoms with van der Waals surface area (Å²) >= 11 is 0. The molecule has 2 nitrogen and oxygen atoms in total. The van der Waals surface area contributed by atoms with Crippen LogP contribution in [0.1, 0.15) is 13.8 Å². The highest BCUT2D eigenvalue weighted by atomic mass is 15.4. The fraction of sp³-hybridized carbons (Fsp3) is 1.00. The van der Waals surface area contributed by atoms with Gasteiger partial charge in [0.15, 0.2) is 0 Å². The van der Waals surface area contributed by atoms with Gasteiger partial charge in [0, 0.05) is 13.1 Å². The topological polar surface area (TPSA) is 6.25 Å². The van der Waals surface area contributed by atoms with E-state index in [-0.39, 0.29) is 5.66 Å². The standard InChI is InChI=1S/C7H16N2/c1-7(2,8(3)4)9-5-6-9/h5-6H2,1-4H3. The molecule has 0 aromatic rings. The highest BCUT2D eigenvalue weighted by molar-refractivity contribution is 4.87. The van der Waals surface area contributed by atoms with Crippen LogP contribution in [0.3, 0.4) is 0 Å². The van der Waals surface area contributed by atoms with E-state index >= 15 is 0 Å². The van der Waals surface area contributed by atoms with Crippen LogP contribution in [0.5, 0.6) is 0 Å². The third-order valence-electron chi connectivity index (χ3n) is 2.32. The fourth-order valence-corrected chi connectivity index (χ4v) is 0.880. The van der Waals surface area contributed by atoms with E-state index < -0.39 is 0 Å². The maximum Gasteiger partial charge on any atom is 0.0675 e. The molecule has 1 rings (SSSR count). The minimum Gasteiger partial charge on any atom is -0.292 e. The highest BCUT2D eigenvalue weighted by Gasteiger charge is 2.35. The van der Waals surface area contributed by atoms with Gasteiger partial charge in [-0.2, -0.15) is 0 Å². The molecule has 54 valence electrons. The van der Waals surface area contributed by atoms with Crippen molar-refractivity contribution in [3.05, 3.63) is 0 Å². The summed E-state index contributed by atoms with van der Waals surface area (Å²) in [5.74, 6) is 0. The Hall–Kier alpha value is -0.0800. The van der Waals surface area contributed by atoms with Crippen LogP contribution in [0, 0.1) is 0 Å². The lowest BCUT2D eigenvalue weighted by Gasteiger charge is -2.33. The van der Waals surface area contributed by atoms with Gasteiger partial charge in [0.2, 0.25) is 0 Å². The van der Waals surface area contributed by atoms with Gasteiger partial charge in [-0.15, -0.1) is 0 Å². The van der Waals surface area contributed by atoms with E-state index in [4.69, 9.17) is 0 Å². The summed E-state index contributed by atoms with van der Waals surface area (Å²) in [4.78, 5) is 4.69. The average Bonchev–Trinajstić information content (AvgIpc) is 2.42. The van der Waals surface area contributed by atoms with Gasteiger partial charge >= 0.3 is 0 Å². The number of hydrogen-bond acceptors (Lipinski definition) is 2. The van der Waals surface area contributed by atoms with Crippen LogP contribution in [0.25, 0.3) is 0 Å². The zero-order valence-corrected chi connectivity index (χ0v) is 6.81. The third kappa shape index (κ3) is 1.25. The Morgan fingerprint density at radius 1 is 1.22 bits per heavy atom. The van der Waals surface area contributed by atoms with Gasteiger partial charge in [0.25, 0.3) is 0 Å². The molecule has 2 heteroatoms. The van der Waals surface area contributed by atoms with Crippen molar-refractivity contribution in [3.8, 4) is 0 Å². The Labute approximate surface area is 57.4 Å². The molecule has 1 aliphatic heterocycles. The van der Waals surface area contributed by atoms with Gasteiger partial charge in [0.1, 0.15) is 0 Å². The average molecular weight is 128 g/mol. The molecule has 0 aromatic heterocycles. The SMILES string of the molecule is CN(C)C(C)(C)N1CC1. The second-order valence-corrected chi connectivity index (χ2v) is 3.38. The van der Waals surface area contributed by atoms with Gasteiger partial charge in [-0.25, -0.2) is 0 Å². The Balaban J connectivity index is 2.48. The summed E-state index contributed by atoms with van der Waals surface area (Å²) in [7, 11) is 4.25. The lowest BCUT2D eigenvalue weighted by Crippen LogP contribution is -2.45. The second kappa shape index (κ2) is 1.96. The van der Waals surface area contributed by atoms with Crippen LogP contribution in [-0.4, -0.2) is 42.6 Å². The maximum absolute atomic E-state index is 2.44. The fourth-order valence-electron chi connectivity index (χ4n) is 0.880. The number of nitrogens with zero attached hydrogens (tertiary/aromatic N) is 2. The van der Waals surface area contributed by atoms with Crippen molar-refractivity contribution in [1.29, 1.82) is 0 Å². The van der Waals surface area contributed by atoms with Crippen molar-refractivity contribution >= 4 is 0 Å². The second-order valence-electron chi connectivity index (χ2n) is 3.38. The minimum absolute atomic E-state index is 0.278. The number of hydrogen-bond donors (Lipinski definition) is 0. The summed E-state index contributed by atoms with van der Waals surface area (Å²) in [5.41, 5.74) is 0.278. The van der Waals surface area contributed by atoms with Crippen LogP contribution in [0.4, 0.5) is 0 Å². The van der Waals surface area contributed by atoms with Gasteiger partial charge in [-0.1, -0.05) is 0 Å². The van der Waals surface area contributed by atoms with E-state index in [0.29, 0.717) is 0 Å². The molecule has 9 heavy (non-hydrogen) atoms. The Morgan fingerprint density at radius 3 is 1.78 bits per heavy atom. The molecule has 1 saturated heterocycles. The van der Waals surface area contributed by atoms with Gasteiger partial charge in [-0.05, 0) is 27.9 Å². The first kappa shape index (κ1) is 7.03. The minimum atomic E-state index is 0.278. The summed E-state index contributed by atoms with van der Waals surface area (Å²) in [6.45, 7) is 7.04. The zero-order chi connectivity index (χ0) is 7.07. The summed E-state index contributed by atoms with van der Waals surface area (Å²) in [6, 6.07) is 0. The maximum atomic E-state index is 2.44. The van der Waals surface area contributed by atoms with Crippen molar-refractivity contribution in [3.63, 3.8) is 0 Å². The van der Waals surface area contributed by atoms with Crippen molar-refractivity contribution in [1.82, 2.24) is 9.80 Å². The van der Waals surface area contributed by atoms with E-state index in [1.807, 2.05) is 0 Å². The number of rotatable bonds is 2. The molecule has 0 radical (unpaired) electrons. The van der Waals surface area contributed by atoms with E-state index in [9.17, 15) is 0 Å². The largest absolute Gasteiger partial charge is 0.292 e. The molecule has 0 aromatic carbocycles. The van der Waals surface area contributed by atoms with E-state index in [1.54, 1.807) is 0 Å². The summed E-state index contributed by atoms with van der Waals surface area (Å²) in [5, 5.41) is 0. The zero-order valence-electron chi connectivity index (χ0n) is 6.81. The molecule has 1 heterocycles. The lowest BCUT2D eigenvalue weighted by atomic mass is 10.2. The van der Waals surface area contributed by atoms with Crippen LogP contribution in [-0.2, 0) is 0 Å². The third-order valence-corrected chi connectivity index (χ3v) is 2.32. The molecule has 0 bridgehead atoms. The first-order valence-electron chi connectivity index (χ1n) is 3.47. The van der Waals surface area contributed by atoms with E-state index in [2.05, 4.69) is 37.7 Å². The Morgan fingerprint density at radius 2 is 1.67 bits per heavy atom. The Kier molecular flexibility index (Phi) is 1.53.